The number of amides is 2. The highest BCUT2D eigenvalue weighted by molar-refractivity contribution is 6.06. The molecule has 1 aromatic carbocycles. The molecule has 0 radical (unpaired) electrons. The van der Waals surface area contributed by atoms with Crippen LogP contribution >= 0.6 is 0 Å². The van der Waals surface area contributed by atoms with Crippen LogP contribution in [-0.2, 0) is 6.18 Å². The third-order valence-corrected chi connectivity index (χ3v) is 6.22. The maximum absolute atomic E-state index is 13.0. The molecule has 2 atom stereocenters. The van der Waals surface area contributed by atoms with Gasteiger partial charge in [-0.15, -0.1) is 0 Å². The maximum Gasteiger partial charge on any atom is 0.451 e. The monoisotopic (exact) mass is 475 g/mol. The predicted molar refractivity (Wildman–Crippen MR) is 121 cm³/mol. The zero-order valence-corrected chi connectivity index (χ0v) is 19.4. The summed E-state index contributed by atoms with van der Waals surface area (Å²) in [6.07, 6.45) is -2.45. The van der Waals surface area contributed by atoms with Crippen molar-refractivity contribution in [2.24, 2.45) is 5.10 Å². The fourth-order valence-electron chi connectivity index (χ4n) is 4.06. The van der Waals surface area contributed by atoms with Crippen LogP contribution in [0, 0.1) is 6.92 Å². The number of hydrogen-bond acceptors (Lipinski definition) is 6. The molecular weight excluding hydrogens is 447 g/mol. The lowest BCUT2D eigenvalue weighted by Gasteiger charge is -2.36. The van der Waals surface area contributed by atoms with E-state index < -0.39 is 24.1 Å². The normalized spacial score (nSPS) is 20.8. The van der Waals surface area contributed by atoms with E-state index in [4.69, 9.17) is 0 Å². The van der Waals surface area contributed by atoms with Gasteiger partial charge in [-0.1, -0.05) is 29.8 Å². The number of urea groups is 1. The third kappa shape index (κ3) is 5.36. The number of rotatable bonds is 4. The van der Waals surface area contributed by atoms with Crippen molar-refractivity contribution in [2.75, 3.05) is 39.8 Å². The summed E-state index contributed by atoms with van der Waals surface area (Å²) in [4.78, 5) is 24.4. The van der Waals surface area contributed by atoms with Crippen LogP contribution in [0.3, 0.4) is 0 Å². The lowest BCUT2D eigenvalue weighted by Crippen LogP contribution is -2.53. The van der Waals surface area contributed by atoms with Crippen LogP contribution in [0.25, 0.3) is 0 Å². The Labute approximate surface area is 196 Å². The average molecular weight is 476 g/mol. The van der Waals surface area contributed by atoms with E-state index in [-0.39, 0.29) is 6.04 Å². The number of carbonyl (C=O) groups is 1. The summed E-state index contributed by atoms with van der Waals surface area (Å²) in [5, 5.41) is 8.86. The van der Waals surface area contributed by atoms with Crippen molar-refractivity contribution < 1.29 is 18.0 Å². The number of benzene rings is 1. The van der Waals surface area contributed by atoms with Crippen molar-refractivity contribution in [1.82, 2.24) is 30.1 Å². The molecule has 8 nitrogen and oxygen atoms in total. The van der Waals surface area contributed by atoms with E-state index in [0.717, 1.165) is 55.4 Å². The van der Waals surface area contributed by atoms with Crippen LogP contribution in [-0.4, -0.2) is 82.3 Å². The SMILES string of the molecule is Cc1ccc(C2=NN(C(=O)N[C@H](C)c3cnc(C(F)(F)F)nc3)CC2N2CCN(C)CC2)cc1. The van der Waals surface area contributed by atoms with Gasteiger partial charge in [0.15, 0.2) is 0 Å². The predicted octanol–water partition coefficient (Wildman–Crippen LogP) is 2.91. The number of halogens is 3. The van der Waals surface area contributed by atoms with E-state index in [1.165, 1.54) is 5.01 Å². The maximum atomic E-state index is 13.0. The number of aryl methyl sites for hydroxylation is 1. The first kappa shape index (κ1) is 24.1. The van der Waals surface area contributed by atoms with Crippen LogP contribution in [0.5, 0.6) is 0 Å². The van der Waals surface area contributed by atoms with Crippen LogP contribution in [0.2, 0.25) is 0 Å². The molecular formula is C23H28F3N7O. The molecule has 0 aliphatic carbocycles. The number of hydrogen-bond donors (Lipinski definition) is 1. The molecule has 1 saturated heterocycles. The minimum absolute atomic E-state index is 0.0353. The summed E-state index contributed by atoms with van der Waals surface area (Å²) in [6.45, 7) is 7.72. The second-order valence-corrected chi connectivity index (χ2v) is 8.80. The molecule has 3 heterocycles. The Morgan fingerprint density at radius 3 is 2.29 bits per heavy atom. The lowest BCUT2D eigenvalue weighted by molar-refractivity contribution is -0.145. The molecule has 182 valence electrons. The number of nitrogens with zero attached hydrogens (tertiary/aromatic N) is 6. The third-order valence-electron chi connectivity index (χ3n) is 6.22. The van der Waals surface area contributed by atoms with Crippen molar-refractivity contribution in [3.8, 4) is 0 Å². The van der Waals surface area contributed by atoms with E-state index in [1.807, 2.05) is 31.2 Å². The van der Waals surface area contributed by atoms with Gasteiger partial charge in [0.2, 0.25) is 5.82 Å². The molecule has 2 amide bonds. The highest BCUT2D eigenvalue weighted by Crippen LogP contribution is 2.26. The summed E-state index contributed by atoms with van der Waals surface area (Å²) in [5.41, 5.74) is 3.32. The second kappa shape index (κ2) is 9.67. The van der Waals surface area contributed by atoms with Crippen molar-refractivity contribution in [1.29, 1.82) is 0 Å². The molecule has 1 fully saturated rings. The van der Waals surface area contributed by atoms with Gasteiger partial charge in [-0.05, 0) is 26.5 Å². The number of piperazine rings is 1. The molecule has 11 heteroatoms. The molecule has 1 N–H and O–H groups in total. The Balaban J connectivity index is 1.50. The first-order chi connectivity index (χ1) is 16.1. The van der Waals surface area contributed by atoms with E-state index in [1.54, 1.807) is 6.92 Å². The molecule has 1 unspecified atom stereocenters. The number of hydrazone groups is 1. The molecule has 0 spiro atoms. The van der Waals surface area contributed by atoms with E-state index in [0.29, 0.717) is 12.1 Å². The first-order valence-electron chi connectivity index (χ1n) is 11.2. The van der Waals surface area contributed by atoms with Crippen LogP contribution in [0.4, 0.5) is 18.0 Å². The number of alkyl halides is 3. The van der Waals surface area contributed by atoms with E-state index in [2.05, 4.69) is 37.2 Å². The first-order valence-corrected chi connectivity index (χ1v) is 11.2. The Bertz CT molecular complexity index is 1030. The summed E-state index contributed by atoms with van der Waals surface area (Å²) in [5.74, 6) is -1.21. The topological polar surface area (TPSA) is 77.0 Å². The van der Waals surface area contributed by atoms with Gasteiger partial charge in [0.05, 0.1) is 24.3 Å². The minimum atomic E-state index is -4.61. The number of carbonyl (C=O) groups excluding carboxylic acids is 1. The van der Waals surface area contributed by atoms with Gasteiger partial charge in [-0.25, -0.2) is 19.8 Å². The largest absolute Gasteiger partial charge is 0.451 e. The standard InChI is InChI=1S/C23H28F3N7O/c1-15-4-6-17(7-5-15)20-19(32-10-8-31(3)9-11-32)14-33(30-20)22(34)29-16(2)18-12-27-21(28-13-18)23(24,25)26/h4-7,12-13,16,19H,8-11,14H2,1-3H3,(H,29,34)/t16-,19?/m1/s1. The van der Waals surface area contributed by atoms with Gasteiger partial charge < -0.3 is 10.2 Å². The molecule has 2 aliphatic rings. The Morgan fingerprint density at radius 2 is 1.71 bits per heavy atom. The fraction of sp³-hybridized carbons (Fsp3) is 0.478. The quantitative estimate of drug-likeness (QED) is 0.736. The molecule has 4 rings (SSSR count). The summed E-state index contributed by atoms with van der Waals surface area (Å²) >= 11 is 0. The van der Waals surface area contributed by atoms with Crippen molar-refractivity contribution in [2.45, 2.75) is 32.1 Å². The summed E-state index contributed by atoms with van der Waals surface area (Å²) in [7, 11) is 2.09. The van der Waals surface area contributed by atoms with Crippen molar-refractivity contribution in [3.63, 3.8) is 0 Å². The van der Waals surface area contributed by atoms with Crippen LogP contribution in [0.1, 0.15) is 35.5 Å². The lowest BCUT2D eigenvalue weighted by atomic mass is 10.0. The Morgan fingerprint density at radius 1 is 1.09 bits per heavy atom. The van der Waals surface area contributed by atoms with Crippen molar-refractivity contribution in [3.05, 3.63) is 59.2 Å². The zero-order chi connectivity index (χ0) is 24.5. The van der Waals surface area contributed by atoms with Gasteiger partial charge in [0.25, 0.3) is 0 Å². The van der Waals surface area contributed by atoms with Gasteiger partial charge in [0, 0.05) is 44.1 Å². The van der Waals surface area contributed by atoms with Gasteiger partial charge in [-0.2, -0.15) is 18.3 Å². The molecule has 2 aromatic rings. The smallest absolute Gasteiger partial charge is 0.330 e. The molecule has 1 aromatic heterocycles. The summed E-state index contributed by atoms with van der Waals surface area (Å²) < 4.78 is 38.2. The van der Waals surface area contributed by atoms with Gasteiger partial charge >= 0.3 is 12.2 Å². The van der Waals surface area contributed by atoms with E-state index >= 15 is 0 Å². The van der Waals surface area contributed by atoms with Crippen LogP contribution < -0.4 is 5.32 Å². The number of nitrogens with one attached hydrogen (secondary N) is 1. The van der Waals surface area contributed by atoms with E-state index in [9.17, 15) is 18.0 Å². The fourth-order valence-corrected chi connectivity index (χ4v) is 4.06. The minimum Gasteiger partial charge on any atom is -0.330 e. The van der Waals surface area contributed by atoms with Crippen molar-refractivity contribution >= 4 is 11.7 Å². The highest BCUT2D eigenvalue weighted by Gasteiger charge is 2.37. The van der Waals surface area contributed by atoms with Gasteiger partial charge in [0.1, 0.15) is 0 Å². The highest BCUT2D eigenvalue weighted by atomic mass is 19.4. The number of likely N-dealkylation sites (N-methyl/N-ethyl adjacent to an activating group) is 1. The molecule has 0 bridgehead atoms. The molecule has 0 saturated carbocycles. The number of aromatic nitrogens is 2. The average Bonchev–Trinajstić information content (AvgIpc) is 3.25. The molecule has 34 heavy (non-hydrogen) atoms. The zero-order valence-electron chi connectivity index (χ0n) is 19.4. The Kier molecular flexibility index (Phi) is 6.85. The second-order valence-electron chi connectivity index (χ2n) is 8.80. The summed E-state index contributed by atoms with van der Waals surface area (Å²) in [6, 6.07) is 7.03. The Hall–Kier alpha value is -3.05. The van der Waals surface area contributed by atoms with Crippen LogP contribution in [0.15, 0.2) is 41.8 Å². The van der Waals surface area contributed by atoms with Gasteiger partial charge in [-0.3, -0.25) is 4.90 Å². The molecule has 2 aliphatic heterocycles.